The zero-order valence-corrected chi connectivity index (χ0v) is 10.1. The second-order valence-corrected chi connectivity index (χ2v) is 4.03. The zero-order valence-electron chi connectivity index (χ0n) is 9.30. The number of ether oxygens (including phenoxy) is 1. The first kappa shape index (κ1) is 11.5. The Bertz CT molecular complexity index is 627. The molecule has 2 heterocycles. The van der Waals surface area contributed by atoms with E-state index in [1.54, 1.807) is 18.3 Å². The van der Waals surface area contributed by atoms with Crippen molar-refractivity contribution >= 4 is 23.2 Å². The molecule has 0 unspecified atom stereocenters. The van der Waals surface area contributed by atoms with Gasteiger partial charge in [-0.15, -0.1) is 11.8 Å². The molecule has 2 aromatic heterocycles. The molecule has 17 heavy (non-hydrogen) atoms. The summed E-state index contributed by atoms with van der Waals surface area (Å²) in [6, 6.07) is 5.42. The van der Waals surface area contributed by atoms with Gasteiger partial charge in [0, 0.05) is 6.20 Å². The monoisotopic (exact) mass is 247 g/mol. The van der Waals surface area contributed by atoms with Gasteiger partial charge in [0.25, 0.3) is 0 Å². The second kappa shape index (κ2) is 4.47. The number of fused-ring (bicyclic) bond motifs is 1. The van der Waals surface area contributed by atoms with E-state index in [-0.39, 0.29) is 0 Å². The molecule has 0 N–H and O–H groups in total. The van der Waals surface area contributed by atoms with Gasteiger partial charge >= 0.3 is 5.97 Å². The van der Waals surface area contributed by atoms with Crippen LogP contribution in [-0.2, 0) is 4.74 Å². The Morgan fingerprint density at radius 3 is 2.94 bits per heavy atom. The molecule has 0 fully saturated rings. The first-order valence-electron chi connectivity index (χ1n) is 4.76. The number of methoxy groups -OCH3 is 1. The van der Waals surface area contributed by atoms with E-state index >= 15 is 0 Å². The SMILES string of the molecule is COC(=O)c1ccc2c(C#N)c(SC)nn2c1. The summed E-state index contributed by atoms with van der Waals surface area (Å²) in [6.07, 6.45) is 3.41. The van der Waals surface area contributed by atoms with E-state index in [0.717, 1.165) is 0 Å². The third-order valence-corrected chi connectivity index (χ3v) is 3.00. The molecule has 0 bridgehead atoms. The summed E-state index contributed by atoms with van der Waals surface area (Å²) >= 11 is 1.40. The van der Waals surface area contributed by atoms with Crippen molar-refractivity contribution in [2.75, 3.05) is 13.4 Å². The topological polar surface area (TPSA) is 67.4 Å². The van der Waals surface area contributed by atoms with E-state index in [9.17, 15) is 4.79 Å². The van der Waals surface area contributed by atoms with Gasteiger partial charge in [-0.1, -0.05) is 0 Å². The molecule has 0 spiro atoms. The normalized spacial score (nSPS) is 10.2. The summed E-state index contributed by atoms with van der Waals surface area (Å²) in [5.41, 5.74) is 1.61. The number of nitriles is 1. The summed E-state index contributed by atoms with van der Waals surface area (Å²) in [5, 5.41) is 13.9. The molecule has 0 atom stereocenters. The van der Waals surface area contributed by atoms with Crippen molar-refractivity contribution in [2.24, 2.45) is 0 Å². The highest BCUT2D eigenvalue weighted by molar-refractivity contribution is 7.98. The van der Waals surface area contributed by atoms with Crippen LogP contribution in [-0.4, -0.2) is 28.9 Å². The van der Waals surface area contributed by atoms with Crippen LogP contribution in [0.2, 0.25) is 0 Å². The van der Waals surface area contributed by atoms with Crippen LogP contribution in [0, 0.1) is 11.3 Å². The minimum Gasteiger partial charge on any atom is -0.465 e. The third kappa shape index (κ3) is 1.85. The number of thioether (sulfide) groups is 1. The van der Waals surface area contributed by atoms with Crippen molar-refractivity contribution in [2.45, 2.75) is 5.03 Å². The molecule has 2 rings (SSSR count). The predicted molar refractivity (Wildman–Crippen MR) is 63.0 cm³/mol. The van der Waals surface area contributed by atoms with Gasteiger partial charge in [0.15, 0.2) is 0 Å². The van der Waals surface area contributed by atoms with E-state index in [1.807, 2.05) is 6.26 Å². The van der Waals surface area contributed by atoms with Crippen LogP contribution in [0.1, 0.15) is 15.9 Å². The minimum atomic E-state index is -0.424. The van der Waals surface area contributed by atoms with Gasteiger partial charge in [0.1, 0.15) is 16.7 Å². The van der Waals surface area contributed by atoms with Crippen molar-refractivity contribution in [3.05, 3.63) is 29.5 Å². The van der Waals surface area contributed by atoms with Gasteiger partial charge in [0.2, 0.25) is 0 Å². The van der Waals surface area contributed by atoms with Crippen LogP contribution in [0.15, 0.2) is 23.4 Å². The predicted octanol–water partition coefficient (Wildman–Crippen LogP) is 1.71. The molecule has 86 valence electrons. The maximum Gasteiger partial charge on any atom is 0.339 e. The average Bonchev–Trinajstić information content (AvgIpc) is 2.74. The zero-order chi connectivity index (χ0) is 12.4. The van der Waals surface area contributed by atoms with E-state index < -0.39 is 5.97 Å². The fraction of sp³-hybridized carbons (Fsp3) is 0.182. The van der Waals surface area contributed by atoms with E-state index in [4.69, 9.17) is 5.26 Å². The van der Waals surface area contributed by atoms with Gasteiger partial charge in [-0.3, -0.25) is 0 Å². The van der Waals surface area contributed by atoms with Gasteiger partial charge in [-0.2, -0.15) is 10.4 Å². The van der Waals surface area contributed by atoms with Crippen LogP contribution >= 0.6 is 11.8 Å². The number of esters is 1. The molecule has 6 heteroatoms. The van der Waals surface area contributed by atoms with Crippen LogP contribution < -0.4 is 0 Å². The highest BCUT2D eigenvalue weighted by Crippen LogP contribution is 2.23. The molecule has 0 aliphatic carbocycles. The number of carbonyl (C=O) groups excluding carboxylic acids is 1. The molecule has 0 aromatic carbocycles. The van der Waals surface area contributed by atoms with E-state index in [2.05, 4.69) is 15.9 Å². The van der Waals surface area contributed by atoms with Gasteiger partial charge < -0.3 is 4.74 Å². The molecule has 0 aliphatic rings. The highest BCUT2D eigenvalue weighted by Gasteiger charge is 2.13. The van der Waals surface area contributed by atoms with Gasteiger partial charge in [0.05, 0.1) is 18.2 Å². The lowest BCUT2D eigenvalue weighted by molar-refractivity contribution is 0.0600. The first-order chi connectivity index (χ1) is 8.21. The first-order valence-corrected chi connectivity index (χ1v) is 5.98. The lowest BCUT2D eigenvalue weighted by Crippen LogP contribution is -2.03. The standard InChI is InChI=1S/C11H9N3O2S/c1-16-11(15)7-3-4-9-8(5-12)10(17-2)13-14(9)6-7/h3-4,6H,1-2H3. The molecule has 0 aliphatic heterocycles. The van der Waals surface area contributed by atoms with E-state index in [1.165, 1.54) is 23.4 Å². The Balaban J connectivity index is 2.65. The number of rotatable bonds is 2. The fourth-order valence-electron chi connectivity index (χ4n) is 1.51. The Hall–Kier alpha value is -2.00. The Morgan fingerprint density at radius 2 is 2.35 bits per heavy atom. The van der Waals surface area contributed by atoms with E-state index in [0.29, 0.717) is 21.7 Å². The minimum absolute atomic E-state index is 0.402. The molecule has 0 amide bonds. The summed E-state index contributed by atoms with van der Waals surface area (Å²) in [5.74, 6) is -0.424. The smallest absolute Gasteiger partial charge is 0.339 e. The van der Waals surface area contributed by atoms with Crippen molar-refractivity contribution in [3.8, 4) is 6.07 Å². The van der Waals surface area contributed by atoms with Gasteiger partial charge in [-0.25, -0.2) is 9.31 Å². The summed E-state index contributed by atoms with van der Waals surface area (Å²) in [4.78, 5) is 11.4. The fourth-order valence-corrected chi connectivity index (χ4v) is 2.04. The summed E-state index contributed by atoms with van der Waals surface area (Å²) in [7, 11) is 1.32. The number of carbonyl (C=O) groups is 1. The Labute approximate surface area is 102 Å². The number of aromatic nitrogens is 2. The highest BCUT2D eigenvalue weighted by atomic mass is 32.2. The van der Waals surface area contributed by atoms with Crippen LogP contribution in [0.4, 0.5) is 0 Å². The molecule has 2 aromatic rings. The second-order valence-electron chi connectivity index (χ2n) is 3.24. The number of hydrogen-bond acceptors (Lipinski definition) is 5. The average molecular weight is 247 g/mol. The van der Waals surface area contributed by atoms with Crippen molar-refractivity contribution in [3.63, 3.8) is 0 Å². The molecule has 0 saturated heterocycles. The summed E-state index contributed by atoms with van der Waals surface area (Å²) in [6.45, 7) is 0. The lowest BCUT2D eigenvalue weighted by atomic mass is 10.2. The Morgan fingerprint density at radius 1 is 1.59 bits per heavy atom. The van der Waals surface area contributed by atoms with Gasteiger partial charge in [-0.05, 0) is 18.4 Å². The van der Waals surface area contributed by atoms with Crippen molar-refractivity contribution in [1.82, 2.24) is 9.61 Å². The molecule has 5 nitrogen and oxygen atoms in total. The van der Waals surface area contributed by atoms with Crippen molar-refractivity contribution < 1.29 is 9.53 Å². The largest absolute Gasteiger partial charge is 0.465 e. The summed E-state index contributed by atoms with van der Waals surface area (Å²) < 4.78 is 6.15. The number of hydrogen-bond donors (Lipinski definition) is 0. The number of nitrogens with zero attached hydrogens (tertiary/aromatic N) is 3. The molecular weight excluding hydrogens is 238 g/mol. The molecule has 0 saturated carbocycles. The third-order valence-electron chi connectivity index (χ3n) is 2.32. The van der Waals surface area contributed by atoms with Crippen LogP contribution in [0.3, 0.4) is 0 Å². The molecular formula is C11H9N3O2S. The van der Waals surface area contributed by atoms with Crippen molar-refractivity contribution in [1.29, 1.82) is 5.26 Å². The maximum atomic E-state index is 11.4. The van der Waals surface area contributed by atoms with Crippen LogP contribution in [0.5, 0.6) is 0 Å². The quantitative estimate of drug-likeness (QED) is 0.597. The lowest BCUT2D eigenvalue weighted by Gasteiger charge is -1.99. The maximum absolute atomic E-state index is 11.4. The van der Waals surface area contributed by atoms with Crippen LogP contribution in [0.25, 0.3) is 5.52 Å². The Kier molecular flexibility index (Phi) is 3.02. The number of pyridine rings is 1. The molecule has 0 radical (unpaired) electrons.